The molecule has 3 N–H and O–H groups in total. The molecule has 7 atom stereocenters. The quantitative estimate of drug-likeness (QED) is 0.617. The van der Waals surface area contributed by atoms with Crippen LogP contribution in [0.4, 0.5) is 0 Å². The second-order valence-corrected chi connectivity index (χ2v) is 10.0. The number of rotatable bonds is 1. The number of hydrogen-bond donors (Lipinski definition) is 3. The van der Waals surface area contributed by atoms with Crippen molar-refractivity contribution in [1.29, 1.82) is 0 Å². The number of carboxylic acid groups (broad SMARTS) is 1. The normalized spacial score (nSPS) is 45.7. The van der Waals surface area contributed by atoms with Crippen molar-refractivity contribution < 1.29 is 29.7 Å². The zero-order valence-electron chi connectivity index (χ0n) is 17.9. The van der Waals surface area contributed by atoms with Crippen LogP contribution < -0.4 is 0 Å². The number of carboxylic acids is 1. The summed E-state index contributed by atoms with van der Waals surface area (Å²) in [6, 6.07) is 0. The van der Waals surface area contributed by atoms with E-state index in [9.17, 15) is 19.8 Å². The highest BCUT2D eigenvalue weighted by atomic mass is 16.4. The molecule has 0 aliphatic heterocycles. The lowest BCUT2D eigenvalue weighted by Crippen LogP contribution is -2.59. The summed E-state index contributed by atoms with van der Waals surface area (Å²) in [7, 11) is 0. The summed E-state index contributed by atoms with van der Waals surface area (Å²) in [6.45, 7) is 6.83. The number of Topliss-reactive ketones (excluding diaryl/α,β-unsaturated/α-hetero) is 1. The summed E-state index contributed by atoms with van der Waals surface area (Å²) in [4.78, 5) is 33.1. The Balaban J connectivity index is 0.000000552. The molecule has 3 fully saturated rings. The fourth-order valence-corrected chi connectivity index (χ4v) is 7.22. The largest absolute Gasteiger partial charge is 0.481 e. The van der Waals surface area contributed by atoms with Gasteiger partial charge in [0.2, 0.25) is 0 Å². The summed E-state index contributed by atoms with van der Waals surface area (Å²) in [5.41, 5.74) is -0.766. The van der Waals surface area contributed by atoms with Crippen molar-refractivity contribution in [1.82, 2.24) is 0 Å². The zero-order chi connectivity index (χ0) is 21.8. The van der Waals surface area contributed by atoms with Crippen LogP contribution >= 0.6 is 0 Å². The van der Waals surface area contributed by atoms with Crippen molar-refractivity contribution in [3.63, 3.8) is 0 Å². The third-order valence-corrected chi connectivity index (χ3v) is 8.72. The molecule has 0 aromatic heterocycles. The lowest BCUT2D eigenvalue weighted by molar-refractivity contribution is -0.173. The monoisotopic (exact) mass is 406 g/mol. The Bertz CT molecular complexity index is 752. The second-order valence-electron chi connectivity index (χ2n) is 10.0. The Labute approximate surface area is 172 Å². The molecular formula is C23H34O6. The Kier molecular flexibility index (Phi) is 5.59. The van der Waals surface area contributed by atoms with Crippen molar-refractivity contribution in [2.75, 3.05) is 0 Å². The first kappa shape index (κ1) is 22.2. The van der Waals surface area contributed by atoms with Gasteiger partial charge in [0.15, 0.2) is 17.2 Å². The molecule has 4 rings (SSSR count). The van der Waals surface area contributed by atoms with Gasteiger partial charge < -0.3 is 15.3 Å². The van der Waals surface area contributed by atoms with Gasteiger partial charge in [-0.15, -0.1) is 0 Å². The Hall–Kier alpha value is -1.53. The Morgan fingerprint density at radius 2 is 1.69 bits per heavy atom. The van der Waals surface area contributed by atoms with Crippen LogP contribution in [0.3, 0.4) is 0 Å². The first-order valence-electron chi connectivity index (χ1n) is 10.7. The number of aliphatic hydroxyl groups excluding tert-OH is 1. The van der Waals surface area contributed by atoms with Gasteiger partial charge in [0.05, 0.1) is 6.10 Å². The van der Waals surface area contributed by atoms with E-state index >= 15 is 0 Å². The Morgan fingerprint density at radius 3 is 2.28 bits per heavy atom. The minimum absolute atomic E-state index is 0.0695. The molecule has 4 aliphatic rings. The van der Waals surface area contributed by atoms with Gasteiger partial charge in [-0.3, -0.25) is 14.4 Å². The highest BCUT2D eigenvalue weighted by Crippen LogP contribution is 2.67. The van der Waals surface area contributed by atoms with E-state index in [0.29, 0.717) is 24.7 Å². The molecule has 3 saturated carbocycles. The highest BCUT2D eigenvalue weighted by molar-refractivity contribution is 5.91. The van der Waals surface area contributed by atoms with Crippen LogP contribution in [-0.4, -0.2) is 44.6 Å². The van der Waals surface area contributed by atoms with Gasteiger partial charge in [-0.05, 0) is 74.7 Å². The van der Waals surface area contributed by atoms with E-state index in [1.165, 1.54) is 12.5 Å². The summed E-state index contributed by atoms with van der Waals surface area (Å²) in [6.07, 6.45) is 6.66. The number of ketones is 2. The molecule has 6 heteroatoms. The average molecular weight is 407 g/mol. The van der Waals surface area contributed by atoms with Gasteiger partial charge in [0, 0.05) is 18.8 Å². The maximum atomic E-state index is 12.3. The van der Waals surface area contributed by atoms with Crippen LogP contribution in [0.1, 0.15) is 72.6 Å². The van der Waals surface area contributed by atoms with E-state index in [0.717, 1.165) is 39.0 Å². The molecule has 0 spiro atoms. The van der Waals surface area contributed by atoms with E-state index in [4.69, 9.17) is 9.90 Å². The van der Waals surface area contributed by atoms with Gasteiger partial charge in [-0.25, -0.2) is 0 Å². The van der Waals surface area contributed by atoms with Crippen molar-refractivity contribution in [3.8, 4) is 0 Å². The minimum Gasteiger partial charge on any atom is -0.481 e. The van der Waals surface area contributed by atoms with E-state index in [2.05, 4.69) is 6.92 Å². The van der Waals surface area contributed by atoms with E-state index in [1.54, 1.807) is 0 Å². The van der Waals surface area contributed by atoms with Gasteiger partial charge in [-0.2, -0.15) is 0 Å². The summed E-state index contributed by atoms with van der Waals surface area (Å²) in [5, 5.41) is 29.2. The average Bonchev–Trinajstić information content (AvgIpc) is 2.83. The van der Waals surface area contributed by atoms with Crippen LogP contribution in [0, 0.1) is 28.6 Å². The fourth-order valence-electron chi connectivity index (χ4n) is 7.22. The summed E-state index contributed by atoms with van der Waals surface area (Å²) in [5.74, 6) is 0.201. The van der Waals surface area contributed by atoms with Crippen molar-refractivity contribution >= 4 is 17.5 Å². The predicted octanol–water partition coefficient (Wildman–Crippen LogP) is 2.90. The number of fused-ring (bicyclic) bond motifs is 5. The molecule has 0 bridgehead atoms. The van der Waals surface area contributed by atoms with Crippen LogP contribution in [-0.2, 0) is 14.4 Å². The number of carbonyl (C=O) groups excluding carboxylic acids is 2. The maximum Gasteiger partial charge on any atom is 0.300 e. The smallest absolute Gasteiger partial charge is 0.300 e. The van der Waals surface area contributed by atoms with Gasteiger partial charge in [-0.1, -0.05) is 19.4 Å². The van der Waals surface area contributed by atoms with Crippen LogP contribution in [0.5, 0.6) is 0 Å². The standard InChI is InChI=1S/C21H30O4.C2H4O2/c1-12(22)21(25)18(24)11-17-15-5-4-13-10-14(23)6-8-19(13,2)16(15)7-9-20(17,21)3;1-2(3)4/h10,15-18,24-25H,4-9,11H2,1-3H3;1H3,(H,3,4)/t15-,16+,17+,18-,19+,20+,21-;/m1./s1. The fraction of sp³-hybridized carbons (Fsp3) is 0.783. The Morgan fingerprint density at radius 1 is 1.07 bits per heavy atom. The number of carbonyl (C=O) groups is 3. The number of hydrogen-bond acceptors (Lipinski definition) is 5. The van der Waals surface area contributed by atoms with E-state index < -0.39 is 23.1 Å². The van der Waals surface area contributed by atoms with Gasteiger partial charge in [0.1, 0.15) is 0 Å². The molecule has 0 aromatic carbocycles. The lowest BCUT2D eigenvalue weighted by atomic mass is 9.46. The van der Waals surface area contributed by atoms with Crippen molar-refractivity contribution in [2.24, 2.45) is 28.6 Å². The molecule has 0 unspecified atom stereocenters. The number of aliphatic carboxylic acids is 1. The summed E-state index contributed by atoms with van der Waals surface area (Å²) < 4.78 is 0. The number of allylic oxidation sites excluding steroid dienone is 1. The second kappa shape index (κ2) is 7.31. The maximum absolute atomic E-state index is 12.3. The molecule has 29 heavy (non-hydrogen) atoms. The van der Waals surface area contributed by atoms with E-state index in [-0.39, 0.29) is 22.9 Å². The third kappa shape index (κ3) is 3.19. The molecule has 0 aromatic rings. The van der Waals surface area contributed by atoms with Gasteiger partial charge >= 0.3 is 0 Å². The molecular weight excluding hydrogens is 372 g/mol. The zero-order valence-corrected chi connectivity index (χ0v) is 17.9. The van der Waals surface area contributed by atoms with Crippen LogP contribution in [0.2, 0.25) is 0 Å². The molecule has 0 saturated heterocycles. The molecule has 0 heterocycles. The molecule has 4 aliphatic carbocycles. The highest BCUT2D eigenvalue weighted by Gasteiger charge is 2.69. The number of aliphatic hydroxyl groups is 2. The molecule has 162 valence electrons. The summed E-state index contributed by atoms with van der Waals surface area (Å²) >= 11 is 0. The molecule has 0 amide bonds. The topological polar surface area (TPSA) is 112 Å². The van der Waals surface area contributed by atoms with Crippen LogP contribution in [0.25, 0.3) is 0 Å². The minimum atomic E-state index is -1.61. The molecule has 0 radical (unpaired) electrons. The first-order valence-corrected chi connectivity index (χ1v) is 10.7. The lowest BCUT2D eigenvalue weighted by Gasteiger charge is -2.58. The molecule has 6 nitrogen and oxygen atoms in total. The SMILES string of the molecule is CC(=O)O.CC(=O)[C@@]1(O)[C@H](O)C[C@H]2[C@@H]3CCC4=CC(=O)CC[C@]4(C)[C@H]3CC[C@@]21C. The van der Waals surface area contributed by atoms with Crippen molar-refractivity contribution in [3.05, 3.63) is 11.6 Å². The van der Waals surface area contributed by atoms with E-state index in [1.807, 2.05) is 13.0 Å². The first-order chi connectivity index (χ1) is 13.4. The third-order valence-electron chi connectivity index (χ3n) is 8.72. The van der Waals surface area contributed by atoms with Crippen LogP contribution in [0.15, 0.2) is 11.6 Å². The van der Waals surface area contributed by atoms with Gasteiger partial charge in [0.25, 0.3) is 5.97 Å². The van der Waals surface area contributed by atoms with Crippen molar-refractivity contribution in [2.45, 2.75) is 84.3 Å². The predicted molar refractivity (Wildman–Crippen MR) is 107 cm³/mol.